The van der Waals surface area contributed by atoms with Gasteiger partial charge in [0.05, 0.1) is 6.04 Å². The Kier molecular flexibility index (Phi) is 7.94. The first kappa shape index (κ1) is 18.7. The molecule has 1 atom stereocenters. The monoisotopic (exact) mass is 292 g/mol. The van der Waals surface area contributed by atoms with E-state index in [4.69, 9.17) is 5.73 Å². The fourth-order valence-electron chi connectivity index (χ4n) is 2.67. The van der Waals surface area contributed by atoms with Crippen molar-refractivity contribution in [2.75, 3.05) is 19.7 Å². The van der Waals surface area contributed by atoms with Gasteiger partial charge in [0.25, 0.3) is 0 Å². The molecule has 0 aromatic heterocycles. The highest BCUT2D eigenvalue weighted by Crippen LogP contribution is 2.34. The molecule has 0 unspecified atom stereocenters. The fourth-order valence-corrected chi connectivity index (χ4v) is 2.67. The van der Waals surface area contributed by atoms with E-state index in [0.29, 0.717) is 5.92 Å². The highest BCUT2D eigenvalue weighted by atomic mass is 35.5. The molecule has 114 valence electrons. The summed E-state index contributed by atoms with van der Waals surface area (Å²) in [7, 11) is 0. The number of aliphatic hydroxyl groups is 1. The van der Waals surface area contributed by atoms with Gasteiger partial charge in [-0.1, -0.05) is 20.8 Å². The predicted octanol–water partition coefficient (Wildman–Crippen LogP) is 1.79. The van der Waals surface area contributed by atoms with Crippen LogP contribution in [0.1, 0.15) is 46.5 Å². The number of nitrogens with two attached hydrogens (primary N) is 1. The van der Waals surface area contributed by atoms with E-state index in [1.807, 2.05) is 4.90 Å². The van der Waals surface area contributed by atoms with Gasteiger partial charge in [-0.15, -0.1) is 12.4 Å². The van der Waals surface area contributed by atoms with Crippen molar-refractivity contribution in [2.45, 2.75) is 52.5 Å². The van der Waals surface area contributed by atoms with Crippen LogP contribution >= 0.6 is 12.4 Å². The van der Waals surface area contributed by atoms with E-state index in [1.54, 1.807) is 0 Å². The third-order valence-electron chi connectivity index (χ3n) is 4.26. The first-order valence-corrected chi connectivity index (χ1v) is 7.09. The molecule has 1 rings (SSSR count). The summed E-state index contributed by atoms with van der Waals surface area (Å²) < 4.78 is 0. The SMILES string of the molecule is CCC1(CO)CCN(C(=O)[C@@H](N)CC(C)C)CC1.Cl. The minimum Gasteiger partial charge on any atom is -0.396 e. The number of hydrogen-bond acceptors (Lipinski definition) is 3. The molecule has 4 nitrogen and oxygen atoms in total. The largest absolute Gasteiger partial charge is 0.396 e. The van der Waals surface area contributed by atoms with E-state index >= 15 is 0 Å². The van der Waals surface area contributed by atoms with E-state index in [9.17, 15) is 9.90 Å². The van der Waals surface area contributed by atoms with Crippen molar-refractivity contribution in [3.8, 4) is 0 Å². The number of carbonyl (C=O) groups excluding carboxylic acids is 1. The number of aliphatic hydroxyl groups excluding tert-OH is 1. The van der Waals surface area contributed by atoms with E-state index in [1.165, 1.54) is 0 Å². The van der Waals surface area contributed by atoms with Crippen molar-refractivity contribution in [1.82, 2.24) is 4.90 Å². The van der Waals surface area contributed by atoms with Gasteiger partial charge < -0.3 is 15.7 Å². The minimum absolute atomic E-state index is 0. The molecule has 1 aliphatic rings. The van der Waals surface area contributed by atoms with E-state index < -0.39 is 0 Å². The summed E-state index contributed by atoms with van der Waals surface area (Å²) in [5.41, 5.74) is 5.97. The number of likely N-dealkylation sites (tertiary alicyclic amines) is 1. The van der Waals surface area contributed by atoms with Crippen LogP contribution in [-0.2, 0) is 4.79 Å². The standard InChI is InChI=1S/C14H28N2O2.ClH/c1-4-14(10-17)5-7-16(8-6-14)13(18)12(15)9-11(2)3;/h11-12,17H,4-10,15H2,1-3H3;1H/t12-;/m0./s1. The van der Waals surface area contributed by atoms with Crippen LogP contribution in [0.2, 0.25) is 0 Å². The molecule has 19 heavy (non-hydrogen) atoms. The lowest BCUT2D eigenvalue weighted by Gasteiger charge is -2.41. The molecular weight excluding hydrogens is 264 g/mol. The topological polar surface area (TPSA) is 66.6 Å². The highest BCUT2D eigenvalue weighted by molar-refractivity contribution is 5.85. The molecule has 0 aromatic rings. The van der Waals surface area contributed by atoms with Gasteiger partial charge in [0, 0.05) is 19.7 Å². The number of rotatable bonds is 5. The molecule has 0 bridgehead atoms. The Hall–Kier alpha value is -0.320. The van der Waals surface area contributed by atoms with Crippen molar-refractivity contribution >= 4 is 18.3 Å². The van der Waals surface area contributed by atoms with Crippen LogP contribution in [-0.4, -0.2) is 41.7 Å². The van der Waals surface area contributed by atoms with Crippen molar-refractivity contribution in [2.24, 2.45) is 17.1 Å². The molecule has 1 saturated heterocycles. The Labute approximate surface area is 123 Å². The van der Waals surface area contributed by atoms with E-state index in [-0.39, 0.29) is 36.4 Å². The second kappa shape index (κ2) is 8.08. The molecule has 1 amide bonds. The zero-order chi connectivity index (χ0) is 13.8. The highest BCUT2D eigenvalue weighted by Gasteiger charge is 2.34. The Morgan fingerprint density at radius 2 is 1.89 bits per heavy atom. The summed E-state index contributed by atoms with van der Waals surface area (Å²) >= 11 is 0. The van der Waals surface area contributed by atoms with Crippen LogP contribution in [0.5, 0.6) is 0 Å². The number of halogens is 1. The fraction of sp³-hybridized carbons (Fsp3) is 0.929. The lowest BCUT2D eigenvalue weighted by Crippen LogP contribution is -2.50. The van der Waals surface area contributed by atoms with Gasteiger partial charge in [-0.05, 0) is 37.0 Å². The van der Waals surface area contributed by atoms with Crippen LogP contribution in [0.4, 0.5) is 0 Å². The van der Waals surface area contributed by atoms with Gasteiger partial charge >= 0.3 is 0 Å². The molecule has 0 aromatic carbocycles. The number of amides is 1. The van der Waals surface area contributed by atoms with Crippen LogP contribution in [0.3, 0.4) is 0 Å². The van der Waals surface area contributed by atoms with Gasteiger partial charge in [0.1, 0.15) is 0 Å². The van der Waals surface area contributed by atoms with Gasteiger partial charge in [-0.3, -0.25) is 4.79 Å². The molecule has 1 fully saturated rings. The smallest absolute Gasteiger partial charge is 0.239 e. The van der Waals surface area contributed by atoms with Crippen LogP contribution in [0.15, 0.2) is 0 Å². The normalized spacial score (nSPS) is 20.0. The molecule has 5 heteroatoms. The quantitative estimate of drug-likeness (QED) is 0.812. The van der Waals surface area contributed by atoms with Crippen LogP contribution in [0, 0.1) is 11.3 Å². The molecule has 0 saturated carbocycles. The molecule has 0 spiro atoms. The number of carbonyl (C=O) groups is 1. The minimum atomic E-state index is -0.367. The maximum absolute atomic E-state index is 12.2. The second-order valence-electron chi connectivity index (χ2n) is 6.07. The van der Waals surface area contributed by atoms with Crippen molar-refractivity contribution in [3.05, 3.63) is 0 Å². The second-order valence-corrected chi connectivity index (χ2v) is 6.07. The lowest BCUT2D eigenvalue weighted by atomic mass is 9.77. The summed E-state index contributed by atoms with van der Waals surface area (Å²) in [5.74, 6) is 0.521. The van der Waals surface area contributed by atoms with Gasteiger partial charge in [0.15, 0.2) is 0 Å². The van der Waals surface area contributed by atoms with Gasteiger partial charge in [-0.2, -0.15) is 0 Å². The first-order valence-electron chi connectivity index (χ1n) is 7.09. The van der Waals surface area contributed by atoms with E-state index in [0.717, 1.165) is 38.8 Å². The van der Waals surface area contributed by atoms with Crippen LogP contribution in [0.25, 0.3) is 0 Å². The van der Waals surface area contributed by atoms with Crippen molar-refractivity contribution in [1.29, 1.82) is 0 Å². The molecule has 1 heterocycles. The number of nitrogens with zero attached hydrogens (tertiary/aromatic N) is 1. The maximum atomic E-state index is 12.2. The van der Waals surface area contributed by atoms with Gasteiger partial charge in [0.2, 0.25) is 5.91 Å². The Balaban J connectivity index is 0.00000324. The zero-order valence-electron chi connectivity index (χ0n) is 12.4. The van der Waals surface area contributed by atoms with Crippen molar-refractivity contribution < 1.29 is 9.90 Å². The molecule has 0 radical (unpaired) electrons. The average Bonchev–Trinajstić information content (AvgIpc) is 2.37. The Morgan fingerprint density at radius 1 is 1.37 bits per heavy atom. The summed E-state index contributed by atoms with van der Waals surface area (Å²) in [4.78, 5) is 14.0. The summed E-state index contributed by atoms with van der Waals surface area (Å²) in [5, 5.41) is 9.47. The molecule has 0 aliphatic carbocycles. The molecule has 1 aliphatic heterocycles. The zero-order valence-corrected chi connectivity index (χ0v) is 13.2. The number of hydrogen-bond donors (Lipinski definition) is 2. The summed E-state index contributed by atoms with van der Waals surface area (Å²) in [6.45, 7) is 7.97. The third kappa shape index (κ3) is 4.93. The maximum Gasteiger partial charge on any atom is 0.239 e. The number of piperidine rings is 1. The Morgan fingerprint density at radius 3 is 2.26 bits per heavy atom. The predicted molar refractivity (Wildman–Crippen MR) is 80.3 cm³/mol. The van der Waals surface area contributed by atoms with Crippen LogP contribution < -0.4 is 5.73 Å². The Bertz CT molecular complexity index is 271. The van der Waals surface area contributed by atoms with Crippen molar-refractivity contribution in [3.63, 3.8) is 0 Å². The summed E-state index contributed by atoms with van der Waals surface area (Å²) in [6, 6.07) is -0.367. The lowest BCUT2D eigenvalue weighted by molar-refractivity contribution is -0.135. The average molecular weight is 293 g/mol. The molecule has 3 N–H and O–H groups in total. The third-order valence-corrected chi connectivity index (χ3v) is 4.26. The summed E-state index contributed by atoms with van der Waals surface area (Å²) in [6.07, 6.45) is 3.50. The first-order chi connectivity index (χ1) is 8.44. The van der Waals surface area contributed by atoms with E-state index in [2.05, 4.69) is 20.8 Å². The van der Waals surface area contributed by atoms with Gasteiger partial charge in [-0.25, -0.2) is 0 Å². The molecular formula is C14H29ClN2O2.